The number of anilines is 1. The molecule has 1 amide bonds. The quantitative estimate of drug-likeness (QED) is 0.716. The Morgan fingerprint density at radius 3 is 2.77 bits per heavy atom. The molecule has 1 aromatic carbocycles. The van der Waals surface area contributed by atoms with Crippen LogP contribution in [0.2, 0.25) is 0 Å². The number of halogens is 1. The van der Waals surface area contributed by atoms with E-state index in [9.17, 15) is 17.6 Å². The number of ether oxygens (including phenoxy) is 1. The van der Waals surface area contributed by atoms with Crippen LogP contribution in [0.25, 0.3) is 0 Å². The van der Waals surface area contributed by atoms with Gasteiger partial charge >= 0.3 is 0 Å². The number of nitrogens with one attached hydrogen (secondary N) is 1. The van der Waals surface area contributed by atoms with Gasteiger partial charge in [-0.1, -0.05) is 13.8 Å². The van der Waals surface area contributed by atoms with Gasteiger partial charge in [0.25, 0.3) is 5.88 Å². The minimum absolute atomic E-state index is 0.0982. The molecule has 1 saturated heterocycles. The molecule has 1 N–H and O–H groups in total. The molecule has 1 aliphatic heterocycles. The molecular weight excluding hydrogens is 411 g/mol. The molecule has 0 aliphatic carbocycles. The van der Waals surface area contributed by atoms with Crippen LogP contribution in [0, 0.1) is 12.7 Å². The highest BCUT2D eigenvalue weighted by Gasteiger charge is 2.35. The van der Waals surface area contributed by atoms with Crippen LogP contribution < -0.4 is 10.1 Å². The summed E-state index contributed by atoms with van der Waals surface area (Å²) in [5.41, 5.74) is 1.34. The van der Waals surface area contributed by atoms with E-state index >= 15 is 0 Å². The number of aromatic nitrogens is 2. The van der Waals surface area contributed by atoms with Crippen molar-refractivity contribution in [3.05, 3.63) is 41.6 Å². The van der Waals surface area contributed by atoms with Crippen molar-refractivity contribution in [2.75, 3.05) is 18.4 Å². The largest absolute Gasteiger partial charge is 0.471 e. The average Bonchev–Trinajstić information content (AvgIpc) is 3.19. The molecule has 8 nitrogen and oxygen atoms in total. The summed E-state index contributed by atoms with van der Waals surface area (Å²) >= 11 is 0. The Morgan fingerprint density at radius 2 is 2.10 bits per heavy atom. The topological polar surface area (TPSA) is 101 Å². The Labute approximate surface area is 175 Å². The molecule has 30 heavy (non-hydrogen) atoms. The summed E-state index contributed by atoms with van der Waals surface area (Å²) in [6.45, 7) is 5.56. The summed E-state index contributed by atoms with van der Waals surface area (Å²) in [7, 11) is -3.75. The fraction of sp³-hybridized carbons (Fsp3) is 0.450. The van der Waals surface area contributed by atoms with Gasteiger partial charge < -0.3 is 10.1 Å². The fourth-order valence-electron chi connectivity index (χ4n) is 3.29. The molecule has 2 aromatic rings. The van der Waals surface area contributed by atoms with Crippen LogP contribution in [0.4, 0.5) is 10.1 Å². The van der Waals surface area contributed by atoms with E-state index in [4.69, 9.17) is 4.74 Å². The van der Waals surface area contributed by atoms with Crippen molar-refractivity contribution in [2.24, 2.45) is 0 Å². The number of aryl methyl sites for hydroxylation is 2. The Balaban J connectivity index is 1.73. The molecule has 1 aromatic heterocycles. The van der Waals surface area contributed by atoms with E-state index in [0.29, 0.717) is 30.5 Å². The second-order valence-corrected chi connectivity index (χ2v) is 8.97. The molecule has 0 spiro atoms. The number of sulfonamides is 1. The van der Waals surface area contributed by atoms with Crippen LogP contribution in [-0.2, 0) is 21.2 Å². The summed E-state index contributed by atoms with van der Waals surface area (Å²) in [4.78, 5) is 19.4. The third kappa shape index (κ3) is 4.59. The van der Waals surface area contributed by atoms with Crippen LogP contribution in [-0.4, -0.2) is 47.8 Å². The number of carbonyl (C=O) groups is 1. The zero-order chi connectivity index (χ0) is 21.9. The van der Waals surface area contributed by atoms with E-state index in [2.05, 4.69) is 15.3 Å². The molecule has 0 radical (unpaired) electrons. The van der Waals surface area contributed by atoms with E-state index in [1.165, 1.54) is 16.7 Å². The van der Waals surface area contributed by atoms with E-state index < -0.39 is 21.9 Å². The van der Waals surface area contributed by atoms with E-state index in [1.807, 2.05) is 0 Å². The maximum atomic E-state index is 14.3. The van der Waals surface area contributed by atoms with Gasteiger partial charge in [0, 0.05) is 18.7 Å². The van der Waals surface area contributed by atoms with Gasteiger partial charge in [0.2, 0.25) is 21.7 Å². The first-order valence-corrected chi connectivity index (χ1v) is 11.3. The molecule has 1 aliphatic rings. The number of rotatable bonds is 7. The number of hydrogen-bond donors (Lipinski definition) is 1. The summed E-state index contributed by atoms with van der Waals surface area (Å²) in [6.07, 6.45) is 1.90. The Hall–Kier alpha value is -2.59. The Kier molecular flexibility index (Phi) is 6.67. The van der Waals surface area contributed by atoms with E-state index in [-0.39, 0.29) is 35.5 Å². The maximum Gasteiger partial charge on any atom is 0.254 e. The lowest BCUT2D eigenvalue weighted by molar-refractivity contribution is -0.115. The lowest BCUT2D eigenvalue weighted by atomic mass is 10.2. The molecule has 2 heterocycles. The number of amides is 1. The van der Waals surface area contributed by atoms with Crippen molar-refractivity contribution in [2.45, 2.75) is 51.0 Å². The second kappa shape index (κ2) is 9.05. The maximum absolute atomic E-state index is 14.3. The normalized spacial score (nSPS) is 17.1. The van der Waals surface area contributed by atoms with Crippen molar-refractivity contribution in [3.63, 3.8) is 0 Å². The smallest absolute Gasteiger partial charge is 0.254 e. The summed E-state index contributed by atoms with van der Waals surface area (Å²) < 4.78 is 47.5. The lowest BCUT2D eigenvalue weighted by Crippen LogP contribution is -2.31. The highest BCUT2D eigenvalue weighted by molar-refractivity contribution is 7.89. The van der Waals surface area contributed by atoms with Crippen molar-refractivity contribution >= 4 is 21.6 Å². The van der Waals surface area contributed by atoms with Gasteiger partial charge in [-0.05, 0) is 43.5 Å². The van der Waals surface area contributed by atoms with Crippen LogP contribution in [0.3, 0.4) is 0 Å². The summed E-state index contributed by atoms with van der Waals surface area (Å²) in [5, 5.41) is 2.71. The first kappa shape index (κ1) is 22.1. The first-order valence-electron chi connectivity index (χ1n) is 9.82. The highest BCUT2D eigenvalue weighted by atomic mass is 32.2. The van der Waals surface area contributed by atoms with Crippen LogP contribution >= 0.6 is 0 Å². The van der Waals surface area contributed by atoms with Crippen LogP contribution in [0.1, 0.15) is 37.9 Å². The van der Waals surface area contributed by atoms with Gasteiger partial charge in [-0.2, -0.15) is 13.7 Å². The summed E-state index contributed by atoms with van der Waals surface area (Å²) in [6, 6.07) is 4.69. The summed E-state index contributed by atoms with van der Waals surface area (Å²) in [5.74, 6) is -0.909. The number of benzene rings is 1. The standard InChI is InChI=1S/C20H25FN4O4S/c1-4-16-19(21)20(23-12-22-16)29-15-8-9-25(11-15)30(27,28)17-7-6-14(10-13(17)3)24-18(26)5-2/h6-7,10,12,15H,4-5,8-9,11H2,1-3H3,(H,24,26). The van der Waals surface area contributed by atoms with E-state index in [0.717, 1.165) is 0 Å². The second-order valence-electron chi connectivity index (χ2n) is 7.07. The van der Waals surface area contributed by atoms with Crippen molar-refractivity contribution in [1.29, 1.82) is 0 Å². The zero-order valence-corrected chi connectivity index (χ0v) is 18.0. The Bertz CT molecular complexity index is 1050. The predicted molar refractivity (Wildman–Crippen MR) is 109 cm³/mol. The van der Waals surface area contributed by atoms with Gasteiger partial charge in [-0.3, -0.25) is 4.79 Å². The third-order valence-electron chi connectivity index (χ3n) is 4.95. The monoisotopic (exact) mass is 436 g/mol. The SMILES string of the molecule is CCC(=O)Nc1ccc(S(=O)(=O)N2CCC(Oc3ncnc(CC)c3F)C2)c(C)c1. The minimum atomic E-state index is -3.75. The number of nitrogens with zero attached hydrogens (tertiary/aromatic N) is 3. The zero-order valence-electron chi connectivity index (χ0n) is 17.2. The van der Waals surface area contributed by atoms with Gasteiger partial charge in [0.05, 0.1) is 17.1 Å². The molecule has 1 atom stereocenters. The fourth-order valence-corrected chi connectivity index (χ4v) is 4.98. The van der Waals surface area contributed by atoms with Crippen LogP contribution in [0.15, 0.2) is 29.4 Å². The van der Waals surface area contributed by atoms with Crippen molar-refractivity contribution < 1.29 is 22.3 Å². The van der Waals surface area contributed by atoms with Gasteiger partial charge in [-0.25, -0.2) is 13.4 Å². The molecule has 3 rings (SSSR count). The molecular formula is C20H25FN4O4S. The molecule has 10 heteroatoms. The van der Waals surface area contributed by atoms with Crippen LogP contribution in [0.5, 0.6) is 5.88 Å². The number of hydrogen-bond acceptors (Lipinski definition) is 6. The molecule has 1 fully saturated rings. The van der Waals surface area contributed by atoms with Crippen molar-refractivity contribution in [3.8, 4) is 5.88 Å². The first-order chi connectivity index (χ1) is 14.3. The predicted octanol–water partition coefficient (Wildman–Crippen LogP) is 2.68. The third-order valence-corrected chi connectivity index (χ3v) is 6.97. The van der Waals surface area contributed by atoms with E-state index in [1.54, 1.807) is 32.9 Å². The molecule has 1 unspecified atom stereocenters. The average molecular weight is 437 g/mol. The van der Waals surface area contributed by atoms with Gasteiger partial charge in [0.1, 0.15) is 12.4 Å². The minimum Gasteiger partial charge on any atom is -0.471 e. The molecule has 162 valence electrons. The Morgan fingerprint density at radius 1 is 1.33 bits per heavy atom. The number of carbonyl (C=O) groups excluding carboxylic acids is 1. The molecule has 0 bridgehead atoms. The lowest BCUT2D eigenvalue weighted by Gasteiger charge is -2.19. The molecule has 0 saturated carbocycles. The van der Waals surface area contributed by atoms with Gasteiger partial charge in [0.15, 0.2) is 0 Å². The highest BCUT2D eigenvalue weighted by Crippen LogP contribution is 2.28. The van der Waals surface area contributed by atoms with Crippen molar-refractivity contribution in [1.82, 2.24) is 14.3 Å². The van der Waals surface area contributed by atoms with Gasteiger partial charge in [-0.15, -0.1) is 0 Å².